The van der Waals surface area contributed by atoms with Crippen LogP contribution in [0.2, 0.25) is 0 Å². The van der Waals surface area contributed by atoms with Gasteiger partial charge in [0.2, 0.25) is 5.25 Å². The first kappa shape index (κ1) is 18.0. The summed E-state index contributed by atoms with van der Waals surface area (Å²) in [6, 6.07) is 6.88. The fourth-order valence-electron chi connectivity index (χ4n) is 2.04. The quantitative estimate of drug-likeness (QED) is 0.338. The van der Waals surface area contributed by atoms with Crippen LogP contribution in [0.15, 0.2) is 34.2 Å². The van der Waals surface area contributed by atoms with E-state index in [1.165, 1.54) is 11.6 Å². The van der Waals surface area contributed by atoms with E-state index in [-0.39, 0.29) is 23.9 Å². The predicted molar refractivity (Wildman–Crippen MR) is 89.9 cm³/mol. The third kappa shape index (κ3) is 3.76. The van der Waals surface area contributed by atoms with Crippen molar-refractivity contribution in [2.75, 3.05) is 13.2 Å². The molecule has 2 rings (SSSR count). The van der Waals surface area contributed by atoms with E-state index in [4.69, 9.17) is 9.47 Å². The molecule has 0 unspecified atom stereocenters. The van der Waals surface area contributed by atoms with Crippen molar-refractivity contribution in [2.24, 2.45) is 7.05 Å². The smallest absolute Gasteiger partial charge is 0.331 e. The normalized spacial score (nSPS) is 10.8. The van der Waals surface area contributed by atoms with E-state index in [0.717, 1.165) is 11.8 Å². The Morgan fingerprint density at radius 2 is 1.75 bits per heavy atom. The second-order valence-corrected chi connectivity index (χ2v) is 5.85. The highest BCUT2D eigenvalue weighted by atomic mass is 32.2. The van der Waals surface area contributed by atoms with Crippen LogP contribution in [0.1, 0.15) is 13.8 Å². The number of para-hydroxylation sites is 1. The summed E-state index contributed by atoms with van der Waals surface area (Å²) in [6.45, 7) is 3.57. The lowest BCUT2D eigenvalue weighted by Gasteiger charge is -2.15. The molecule has 0 bridgehead atoms. The number of carbonyl (C=O) groups is 2. The summed E-state index contributed by atoms with van der Waals surface area (Å²) in [5, 5.41) is -0.526. The number of ether oxygens (including phenoxy) is 2. The monoisotopic (exact) mass is 350 g/mol. The van der Waals surface area contributed by atoms with Crippen LogP contribution in [-0.2, 0) is 26.1 Å². The van der Waals surface area contributed by atoms with Crippen molar-refractivity contribution in [3.05, 3.63) is 34.6 Å². The Hall–Kier alpha value is -2.35. The van der Waals surface area contributed by atoms with Gasteiger partial charge in [-0.3, -0.25) is 19.0 Å². The molecule has 0 saturated carbocycles. The largest absolute Gasteiger partial charge is 0.465 e. The molecule has 0 fully saturated rings. The Labute approximate surface area is 143 Å². The number of aromatic nitrogens is 2. The minimum Gasteiger partial charge on any atom is -0.465 e. The maximum atomic E-state index is 12.4. The van der Waals surface area contributed by atoms with Gasteiger partial charge in [0.05, 0.1) is 24.1 Å². The first-order valence-electron chi connectivity index (χ1n) is 7.45. The molecule has 8 heteroatoms. The van der Waals surface area contributed by atoms with Gasteiger partial charge < -0.3 is 9.47 Å². The summed E-state index contributed by atoms with van der Waals surface area (Å²) in [6.07, 6.45) is 0. The Kier molecular flexibility index (Phi) is 5.97. The Bertz CT molecular complexity index is 800. The molecular formula is C16H18N2O5S. The van der Waals surface area contributed by atoms with Crippen LogP contribution in [-0.4, -0.2) is 40.0 Å². The maximum absolute atomic E-state index is 12.4. The van der Waals surface area contributed by atoms with Crippen LogP contribution in [0.4, 0.5) is 0 Å². The molecule has 2 aromatic rings. The number of hydrogen-bond donors (Lipinski definition) is 0. The van der Waals surface area contributed by atoms with Crippen molar-refractivity contribution >= 4 is 34.6 Å². The van der Waals surface area contributed by atoms with E-state index in [9.17, 15) is 14.4 Å². The van der Waals surface area contributed by atoms with Gasteiger partial charge >= 0.3 is 11.9 Å². The summed E-state index contributed by atoms with van der Waals surface area (Å²) < 4.78 is 11.2. The first-order chi connectivity index (χ1) is 11.5. The molecule has 1 heterocycles. The van der Waals surface area contributed by atoms with Crippen molar-refractivity contribution in [2.45, 2.75) is 24.3 Å². The Balaban J connectivity index is 2.43. The molecule has 0 atom stereocenters. The second-order valence-electron chi connectivity index (χ2n) is 4.78. The van der Waals surface area contributed by atoms with Crippen molar-refractivity contribution in [1.82, 2.24) is 9.55 Å². The summed E-state index contributed by atoms with van der Waals surface area (Å²) in [5.41, 5.74) is 0.240. The van der Waals surface area contributed by atoms with Gasteiger partial charge in [0.1, 0.15) is 0 Å². The van der Waals surface area contributed by atoms with E-state index >= 15 is 0 Å². The van der Waals surface area contributed by atoms with Gasteiger partial charge in [0.15, 0.2) is 5.16 Å². The number of thioether (sulfide) groups is 1. The van der Waals surface area contributed by atoms with E-state index in [1.807, 2.05) is 0 Å². The average molecular weight is 350 g/mol. The maximum Gasteiger partial charge on any atom is 0.331 e. The zero-order valence-electron chi connectivity index (χ0n) is 13.6. The molecule has 0 radical (unpaired) electrons. The van der Waals surface area contributed by atoms with Gasteiger partial charge in [-0.05, 0) is 26.0 Å². The second kappa shape index (κ2) is 7.96. The highest BCUT2D eigenvalue weighted by molar-refractivity contribution is 8.01. The van der Waals surface area contributed by atoms with E-state index in [1.54, 1.807) is 38.1 Å². The van der Waals surface area contributed by atoms with Gasteiger partial charge in [-0.2, -0.15) is 0 Å². The average Bonchev–Trinajstić information content (AvgIpc) is 2.57. The lowest BCUT2D eigenvalue weighted by molar-refractivity contribution is -0.152. The van der Waals surface area contributed by atoms with Crippen LogP contribution in [0.5, 0.6) is 0 Å². The zero-order chi connectivity index (χ0) is 17.7. The predicted octanol–water partition coefficient (Wildman–Crippen LogP) is 1.52. The van der Waals surface area contributed by atoms with Crippen molar-refractivity contribution in [3.63, 3.8) is 0 Å². The van der Waals surface area contributed by atoms with Gasteiger partial charge in [-0.15, -0.1) is 0 Å². The molecule has 7 nitrogen and oxygen atoms in total. The van der Waals surface area contributed by atoms with Crippen molar-refractivity contribution < 1.29 is 19.1 Å². The van der Waals surface area contributed by atoms with E-state index in [0.29, 0.717) is 10.9 Å². The topological polar surface area (TPSA) is 87.5 Å². The van der Waals surface area contributed by atoms with Crippen LogP contribution in [0.3, 0.4) is 0 Å². The summed E-state index contributed by atoms with van der Waals surface area (Å²) in [4.78, 5) is 40.9. The number of rotatable bonds is 6. The molecule has 128 valence electrons. The van der Waals surface area contributed by atoms with E-state index in [2.05, 4.69) is 4.98 Å². The summed E-state index contributed by atoms with van der Waals surface area (Å²) in [5.74, 6) is -1.44. The molecule has 0 N–H and O–H groups in total. The molecular weight excluding hydrogens is 332 g/mol. The molecule has 0 saturated heterocycles. The molecule has 0 aliphatic heterocycles. The molecule has 0 aliphatic rings. The van der Waals surface area contributed by atoms with Crippen molar-refractivity contribution in [3.8, 4) is 0 Å². The molecule has 0 aliphatic carbocycles. The SMILES string of the molecule is CCOC(=O)C(Sc1nc2ccccc2c(=O)n1C)C(=O)OCC. The minimum absolute atomic E-state index is 0.138. The van der Waals surface area contributed by atoms with Gasteiger partial charge in [0, 0.05) is 7.05 Å². The molecule has 1 aromatic heterocycles. The van der Waals surface area contributed by atoms with Gasteiger partial charge in [0.25, 0.3) is 5.56 Å². The fraction of sp³-hybridized carbons (Fsp3) is 0.375. The third-order valence-electron chi connectivity index (χ3n) is 3.17. The van der Waals surface area contributed by atoms with Crippen LogP contribution >= 0.6 is 11.8 Å². The molecule has 0 spiro atoms. The summed E-state index contributed by atoms with van der Waals surface area (Å²) >= 11 is 0.843. The Morgan fingerprint density at radius 3 is 2.33 bits per heavy atom. The van der Waals surface area contributed by atoms with E-state index < -0.39 is 17.2 Å². The minimum atomic E-state index is -1.23. The molecule has 1 aromatic carbocycles. The number of carbonyl (C=O) groups excluding carboxylic acids is 2. The fourth-order valence-corrected chi connectivity index (χ4v) is 2.97. The third-order valence-corrected chi connectivity index (χ3v) is 4.36. The molecule has 24 heavy (non-hydrogen) atoms. The summed E-state index contributed by atoms with van der Waals surface area (Å²) in [7, 11) is 1.54. The number of fused-ring (bicyclic) bond motifs is 1. The standard InChI is InChI=1S/C16H18N2O5S/c1-4-22-14(20)12(15(21)23-5-2)24-16-17-11-9-7-6-8-10(11)13(19)18(16)3/h6-9,12H,4-5H2,1-3H3. The van der Waals surface area contributed by atoms with Gasteiger partial charge in [-0.1, -0.05) is 23.9 Å². The lowest BCUT2D eigenvalue weighted by atomic mass is 10.2. The number of hydrogen-bond acceptors (Lipinski definition) is 7. The number of nitrogens with zero attached hydrogens (tertiary/aromatic N) is 2. The first-order valence-corrected chi connectivity index (χ1v) is 8.33. The number of esters is 2. The Morgan fingerprint density at radius 1 is 1.17 bits per heavy atom. The zero-order valence-corrected chi connectivity index (χ0v) is 14.5. The number of benzene rings is 1. The highest BCUT2D eigenvalue weighted by Gasteiger charge is 2.32. The van der Waals surface area contributed by atoms with Crippen molar-refractivity contribution in [1.29, 1.82) is 0 Å². The van der Waals surface area contributed by atoms with Crippen LogP contribution in [0.25, 0.3) is 10.9 Å². The molecule has 0 amide bonds. The van der Waals surface area contributed by atoms with Crippen LogP contribution < -0.4 is 5.56 Å². The lowest BCUT2D eigenvalue weighted by Crippen LogP contribution is -2.32. The van der Waals surface area contributed by atoms with Crippen LogP contribution in [0, 0.1) is 0 Å². The van der Waals surface area contributed by atoms with Gasteiger partial charge in [-0.25, -0.2) is 4.98 Å². The highest BCUT2D eigenvalue weighted by Crippen LogP contribution is 2.24.